The van der Waals surface area contributed by atoms with Crippen LogP contribution in [0.1, 0.15) is 46.6 Å². The second kappa shape index (κ2) is 10.0. The van der Waals surface area contributed by atoms with Gasteiger partial charge in [0.25, 0.3) is 0 Å². The van der Waals surface area contributed by atoms with E-state index in [1.54, 1.807) is 6.92 Å². The summed E-state index contributed by atoms with van der Waals surface area (Å²) in [6.07, 6.45) is -8.41. The number of aliphatic hydroxyl groups is 4. The fraction of sp³-hybridized carbons (Fsp3) is 0.633. The first-order valence-electron chi connectivity index (χ1n) is 13.9. The summed E-state index contributed by atoms with van der Waals surface area (Å²) in [6, 6.07) is 9.10. The molecule has 5 rings (SSSR count). The molecule has 0 radical (unpaired) electrons. The minimum atomic E-state index is -2.33. The molecule has 10 nitrogen and oxygen atoms in total. The molecule has 0 aromatic heterocycles. The Morgan fingerprint density at radius 1 is 1.10 bits per heavy atom. The molecule has 218 valence electrons. The van der Waals surface area contributed by atoms with Crippen molar-refractivity contribution in [1.29, 1.82) is 0 Å². The molecule has 3 fully saturated rings. The van der Waals surface area contributed by atoms with Gasteiger partial charge in [-0.15, -0.1) is 0 Å². The van der Waals surface area contributed by atoms with Crippen LogP contribution in [0.2, 0.25) is 0 Å². The number of nitrogens with one attached hydrogen (secondary N) is 1. The van der Waals surface area contributed by atoms with Crippen LogP contribution < -0.4 is 5.32 Å². The Hall–Kier alpha value is -2.63. The third-order valence-corrected chi connectivity index (χ3v) is 9.89. The third-order valence-electron chi connectivity index (χ3n) is 9.89. The van der Waals surface area contributed by atoms with E-state index >= 15 is 0 Å². The number of amides is 1. The summed E-state index contributed by atoms with van der Waals surface area (Å²) in [5.41, 5.74) is -1.69. The van der Waals surface area contributed by atoms with Gasteiger partial charge in [-0.3, -0.25) is 14.4 Å². The van der Waals surface area contributed by atoms with Crippen LogP contribution in [-0.4, -0.2) is 86.4 Å². The Bertz CT molecular complexity index is 1230. The van der Waals surface area contributed by atoms with E-state index in [1.165, 1.54) is 6.92 Å². The maximum absolute atomic E-state index is 14.4. The molecule has 40 heavy (non-hydrogen) atoms. The SMILES string of the molecule is CC(=O)O[C@@H]1[C@H]2O[C@@H]([C@H]3[C@H](O)C(C)=C(C)[C@H]4[C@H](Cc5ccccc5)NC(=O)[C@]314)[C@H](O)C[C@H](C)C(=O)[C@](C)(O)[C@@H]2O. The highest BCUT2D eigenvalue weighted by Crippen LogP contribution is 2.61. The van der Waals surface area contributed by atoms with Crippen molar-refractivity contribution in [1.82, 2.24) is 5.32 Å². The Morgan fingerprint density at radius 3 is 2.38 bits per heavy atom. The molecular formula is C30H39NO9. The fourth-order valence-corrected chi connectivity index (χ4v) is 7.95. The van der Waals surface area contributed by atoms with Gasteiger partial charge in [0, 0.05) is 30.7 Å². The van der Waals surface area contributed by atoms with Gasteiger partial charge in [0.15, 0.2) is 5.78 Å². The summed E-state index contributed by atoms with van der Waals surface area (Å²) in [5, 5.41) is 49.1. The van der Waals surface area contributed by atoms with Gasteiger partial charge in [-0.1, -0.05) is 42.8 Å². The highest BCUT2D eigenvalue weighted by molar-refractivity contribution is 5.91. The second-order valence-corrected chi connectivity index (χ2v) is 12.3. The maximum atomic E-state index is 14.4. The lowest BCUT2D eigenvalue weighted by Crippen LogP contribution is -2.73. The van der Waals surface area contributed by atoms with Gasteiger partial charge in [-0.25, -0.2) is 0 Å². The minimum absolute atomic E-state index is 0.127. The lowest BCUT2D eigenvalue weighted by molar-refractivity contribution is -0.287. The van der Waals surface area contributed by atoms with E-state index in [1.807, 2.05) is 37.3 Å². The number of hydrogen-bond donors (Lipinski definition) is 5. The van der Waals surface area contributed by atoms with Crippen molar-refractivity contribution < 1.29 is 44.3 Å². The van der Waals surface area contributed by atoms with Crippen molar-refractivity contribution in [2.45, 2.75) is 95.7 Å². The van der Waals surface area contributed by atoms with Gasteiger partial charge in [-0.05, 0) is 44.7 Å². The average Bonchev–Trinajstić information content (AvgIpc) is 3.18. The number of ketones is 1. The summed E-state index contributed by atoms with van der Waals surface area (Å²) in [5.74, 6) is -4.54. The number of fused-ring (bicyclic) bond motifs is 3. The van der Waals surface area contributed by atoms with E-state index in [0.717, 1.165) is 25.0 Å². The number of ether oxygens (including phenoxy) is 2. The molecule has 1 aliphatic carbocycles. The quantitative estimate of drug-likeness (QED) is 0.262. The van der Waals surface area contributed by atoms with Crippen LogP contribution >= 0.6 is 0 Å². The zero-order valence-electron chi connectivity index (χ0n) is 23.4. The van der Waals surface area contributed by atoms with Crippen molar-refractivity contribution in [3.63, 3.8) is 0 Å². The number of esters is 1. The molecule has 1 spiro atoms. The Kier molecular flexibility index (Phi) is 7.24. The predicted molar refractivity (Wildman–Crippen MR) is 142 cm³/mol. The zero-order chi connectivity index (χ0) is 29.3. The van der Waals surface area contributed by atoms with Crippen molar-refractivity contribution in [3.05, 3.63) is 47.0 Å². The number of carbonyl (C=O) groups excluding carboxylic acids is 3. The first kappa shape index (κ1) is 28.9. The highest BCUT2D eigenvalue weighted by atomic mass is 16.6. The van der Waals surface area contributed by atoms with Crippen LogP contribution in [0.5, 0.6) is 0 Å². The van der Waals surface area contributed by atoms with Crippen molar-refractivity contribution in [2.24, 2.45) is 23.2 Å². The smallest absolute Gasteiger partial charge is 0.303 e. The Balaban J connectivity index is 1.76. The molecule has 12 atom stereocenters. The molecule has 2 bridgehead atoms. The summed E-state index contributed by atoms with van der Waals surface area (Å²) in [6.45, 7) is 7.46. The van der Waals surface area contributed by atoms with E-state index in [0.29, 0.717) is 12.0 Å². The molecule has 4 aliphatic rings. The first-order chi connectivity index (χ1) is 18.7. The lowest BCUT2D eigenvalue weighted by atomic mass is 9.50. The van der Waals surface area contributed by atoms with E-state index in [9.17, 15) is 34.8 Å². The Labute approximate surface area is 233 Å². The van der Waals surface area contributed by atoms with Crippen LogP contribution in [-0.2, 0) is 30.3 Å². The molecule has 3 saturated heterocycles. The molecule has 5 N–H and O–H groups in total. The molecule has 10 heteroatoms. The number of benzene rings is 1. The molecule has 3 aliphatic heterocycles. The summed E-state index contributed by atoms with van der Waals surface area (Å²) in [7, 11) is 0. The second-order valence-electron chi connectivity index (χ2n) is 12.3. The third kappa shape index (κ3) is 4.07. The molecule has 3 heterocycles. The molecule has 0 saturated carbocycles. The van der Waals surface area contributed by atoms with Crippen molar-refractivity contribution in [2.75, 3.05) is 0 Å². The van der Waals surface area contributed by atoms with E-state index in [4.69, 9.17) is 9.47 Å². The minimum Gasteiger partial charge on any atom is -0.458 e. The number of carbonyl (C=O) groups is 3. The summed E-state index contributed by atoms with van der Waals surface area (Å²) in [4.78, 5) is 40.2. The van der Waals surface area contributed by atoms with Gasteiger partial charge >= 0.3 is 5.97 Å². The zero-order valence-corrected chi connectivity index (χ0v) is 23.4. The standard InChI is InChI=1S/C30H39NO9/c1-13-11-19(33)23-21-22(34)15(3)14(2)20-18(12-17-9-7-6-8-10-17)31-28(37)30(20,21)27(39-16(4)32)24(40-23)26(36)29(5,38)25(13)35/h6-10,13,18-24,26-27,33-34,36,38H,11-12H2,1-5H3,(H,31,37)/t13-,18-,19+,20-,21+,22+,23+,24-,26+,27+,29-,30+/m0/s1. The Morgan fingerprint density at radius 2 is 1.75 bits per heavy atom. The number of Topliss-reactive ketones (excluding diaryl/α,β-unsaturated/α-hetero) is 1. The molecule has 0 unspecified atom stereocenters. The van der Waals surface area contributed by atoms with Gasteiger partial charge in [0.2, 0.25) is 5.91 Å². The van der Waals surface area contributed by atoms with Crippen LogP contribution in [0.3, 0.4) is 0 Å². The summed E-state index contributed by atoms with van der Waals surface area (Å²) >= 11 is 0. The molecular weight excluding hydrogens is 518 g/mol. The van der Waals surface area contributed by atoms with Crippen molar-refractivity contribution >= 4 is 17.7 Å². The normalized spacial score (nSPS) is 45.0. The number of aliphatic hydroxyl groups excluding tert-OH is 3. The van der Waals surface area contributed by atoms with Crippen LogP contribution in [0.4, 0.5) is 0 Å². The summed E-state index contributed by atoms with van der Waals surface area (Å²) < 4.78 is 12.1. The average molecular weight is 558 g/mol. The van der Waals surface area contributed by atoms with E-state index < -0.39 is 89.1 Å². The van der Waals surface area contributed by atoms with E-state index in [-0.39, 0.29) is 6.42 Å². The lowest BCUT2D eigenvalue weighted by Gasteiger charge is -2.59. The van der Waals surface area contributed by atoms with Crippen LogP contribution in [0, 0.1) is 23.2 Å². The van der Waals surface area contributed by atoms with Crippen molar-refractivity contribution in [3.8, 4) is 0 Å². The van der Waals surface area contributed by atoms with Crippen LogP contribution in [0.15, 0.2) is 41.5 Å². The van der Waals surface area contributed by atoms with Gasteiger partial charge in [-0.2, -0.15) is 0 Å². The topological polar surface area (TPSA) is 163 Å². The van der Waals surface area contributed by atoms with Gasteiger partial charge in [0.05, 0.1) is 18.3 Å². The van der Waals surface area contributed by atoms with E-state index in [2.05, 4.69) is 5.32 Å². The van der Waals surface area contributed by atoms with Crippen LogP contribution in [0.25, 0.3) is 0 Å². The first-order valence-corrected chi connectivity index (χ1v) is 13.9. The maximum Gasteiger partial charge on any atom is 0.303 e. The largest absolute Gasteiger partial charge is 0.458 e. The van der Waals surface area contributed by atoms with Gasteiger partial charge < -0.3 is 35.2 Å². The highest BCUT2D eigenvalue weighted by Gasteiger charge is 2.75. The van der Waals surface area contributed by atoms with Gasteiger partial charge in [0.1, 0.15) is 29.3 Å². The number of rotatable bonds is 3. The molecule has 1 aromatic carbocycles. The molecule has 1 aromatic rings. The predicted octanol–water partition coefficient (Wildman–Crippen LogP) is 0.438. The molecule has 1 amide bonds. The monoisotopic (exact) mass is 557 g/mol. The fourth-order valence-electron chi connectivity index (χ4n) is 7.95. The number of hydrogen-bond acceptors (Lipinski definition) is 9.